The van der Waals surface area contributed by atoms with E-state index in [1.807, 2.05) is 23.8 Å². The van der Waals surface area contributed by atoms with Crippen LogP contribution in [0.5, 0.6) is 0 Å². The predicted molar refractivity (Wildman–Crippen MR) is 78.3 cm³/mol. The van der Waals surface area contributed by atoms with Crippen LogP contribution in [-0.2, 0) is 11.3 Å². The van der Waals surface area contributed by atoms with Crippen LogP contribution in [0, 0.1) is 12.7 Å². The Morgan fingerprint density at radius 2 is 2.15 bits per heavy atom. The summed E-state index contributed by atoms with van der Waals surface area (Å²) in [7, 11) is 0. The molecular weight excluding hydrogens is 325 g/mol. The number of carbonyl (C=O) groups excluding carboxylic acids is 1. The predicted octanol–water partition coefficient (Wildman–Crippen LogP) is 3.92. The first-order valence-corrected chi connectivity index (χ1v) is 7.09. The first-order chi connectivity index (χ1) is 9.52. The van der Waals surface area contributed by atoms with Crippen LogP contribution in [-0.4, -0.2) is 17.1 Å². The molecule has 3 nitrogen and oxygen atoms in total. The molecule has 2 aromatic rings. The lowest BCUT2D eigenvalue weighted by molar-refractivity contribution is 0.0513. The Labute approximate surface area is 125 Å². The van der Waals surface area contributed by atoms with Gasteiger partial charge in [-0.2, -0.15) is 0 Å². The van der Waals surface area contributed by atoms with E-state index in [2.05, 4.69) is 15.9 Å². The minimum atomic E-state index is -0.337. The van der Waals surface area contributed by atoms with Crippen molar-refractivity contribution in [2.45, 2.75) is 20.4 Å². The molecule has 0 aliphatic rings. The van der Waals surface area contributed by atoms with Crippen LogP contribution >= 0.6 is 15.9 Å². The fraction of sp³-hybridized carbons (Fsp3) is 0.267. The maximum absolute atomic E-state index is 13.2. The smallest absolute Gasteiger partial charge is 0.355 e. The summed E-state index contributed by atoms with van der Waals surface area (Å²) in [6.07, 6.45) is 1.83. The summed E-state index contributed by atoms with van der Waals surface area (Å²) in [4.78, 5) is 11.9. The largest absolute Gasteiger partial charge is 0.461 e. The molecule has 0 saturated heterocycles. The van der Waals surface area contributed by atoms with E-state index < -0.39 is 0 Å². The lowest BCUT2D eigenvalue weighted by Gasteiger charge is -2.10. The van der Waals surface area contributed by atoms with Crippen molar-refractivity contribution in [3.05, 3.63) is 57.6 Å². The van der Waals surface area contributed by atoms with E-state index in [1.165, 1.54) is 6.07 Å². The van der Waals surface area contributed by atoms with E-state index in [1.54, 1.807) is 19.1 Å². The van der Waals surface area contributed by atoms with Gasteiger partial charge >= 0.3 is 5.97 Å². The number of halogens is 2. The number of benzene rings is 1. The van der Waals surface area contributed by atoms with Crippen molar-refractivity contribution < 1.29 is 13.9 Å². The van der Waals surface area contributed by atoms with Gasteiger partial charge in [-0.05, 0) is 59.1 Å². The highest BCUT2D eigenvalue weighted by Gasteiger charge is 2.16. The lowest BCUT2D eigenvalue weighted by Crippen LogP contribution is -2.13. The standard InChI is InChI=1S/C15H15BrFNO2/c1-3-20-15(19)14-10(2)6-7-18(14)9-11-4-5-13(17)12(16)8-11/h4-8H,3,9H2,1-2H3. The highest BCUT2D eigenvalue weighted by molar-refractivity contribution is 9.10. The monoisotopic (exact) mass is 339 g/mol. The maximum Gasteiger partial charge on any atom is 0.355 e. The van der Waals surface area contributed by atoms with E-state index in [0.29, 0.717) is 23.3 Å². The zero-order chi connectivity index (χ0) is 14.7. The number of ether oxygens (including phenoxy) is 1. The molecule has 0 saturated carbocycles. The molecule has 0 amide bonds. The summed E-state index contributed by atoms with van der Waals surface area (Å²) < 4.78 is 20.5. The molecular formula is C15H15BrFNO2. The minimum Gasteiger partial charge on any atom is -0.461 e. The van der Waals surface area contributed by atoms with Crippen LogP contribution in [0.2, 0.25) is 0 Å². The summed E-state index contributed by atoms with van der Waals surface area (Å²) in [6, 6.07) is 6.68. The van der Waals surface area contributed by atoms with Crippen molar-refractivity contribution in [3.63, 3.8) is 0 Å². The fourth-order valence-corrected chi connectivity index (χ4v) is 2.45. The van der Waals surface area contributed by atoms with Crippen molar-refractivity contribution in [1.82, 2.24) is 4.57 Å². The first-order valence-electron chi connectivity index (χ1n) is 6.29. The molecule has 0 atom stereocenters. The van der Waals surface area contributed by atoms with Crippen LogP contribution < -0.4 is 0 Å². The first kappa shape index (κ1) is 14.8. The van der Waals surface area contributed by atoms with E-state index >= 15 is 0 Å². The van der Waals surface area contributed by atoms with Crippen LogP contribution in [0.1, 0.15) is 28.5 Å². The highest BCUT2D eigenvalue weighted by Crippen LogP contribution is 2.19. The van der Waals surface area contributed by atoms with Crippen molar-refractivity contribution in [2.75, 3.05) is 6.61 Å². The summed E-state index contributed by atoms with van der Waals surface area (Å²) in [5, 5.41) is 0. The molecule has 0 bridgehead atoms. The normalized spacial score (nSPS) is 10.6. The number of hydrogen-bond acceptors (Lipinski definition) is 2. The Morgan fingerprint density at radius 3 is 2.80 bits per heavy atom. The fourth-order valence-electron chi connectivity index (χ4n) is 2.03. The van der Waals surface area contributed by atoms with E-state index in [0.717, 1.165) is 11.1 Å². The van der Waals surface area contributed by atoms with Crippen LogP contribution in [0.4, 0.5) is 4.39 Å². The second kappa shape index (κ2) is 6.22. The number of aryl methyl sites for hydroxylation is 1. The van der Waals surface area contributed by atoms with Gasteiger partial charge < -0.3 is 9.30 Å². The van der Waals surface area contributed by atoms with Gasteiger partial charge in [-0.25, -0.2) is 9.18 Å². The molecule has 106 valence electrons. The van der Waals surface area contributed by atoms with Gasteiger partial charge in [0.1, 0.15) is 11.5 Å². The van der Waals surface area contributed by atoms with Gasteiger partial charge in [-0.15, -0.1) is 0 Å². The molecule has 0 aliphatic carbocycles. The number of aromatic nitrogens is 1. The molecule has 0 unspecified atom stereocenters. The van der Waals surface area contributed by atoms with Crippen molar-refractivity contribution in [3.8, 4) is 0 Å². The van der Waals surface area contributed by atoms with Crippen molar-refractivity contribution in [1.29, 1.82) is 0 Å². The zero-order valence-corrected chi connectivity index (χ0v) is 12.9. The quantitative estimate of drug-likeness (QED) is 0.790. The number of carbonyl (C=O) groups is 1. The molecule has 1 aromatic carbocycles. The summed E-state index contributed by atoms with van der Waals surface area (Å²) in [5.41, 5.74) is 2.30. The molecule has 0 radical (unpaired) electrons. The average molecular weight is 340 g/mol. The van der Waals surface area contributed by atoms with Gasteiger partial charge in [0.05, 0.1) is 11.1 Å². The Kier molecular flexibility index (Phi) is 4.60. The number of nitrogens with zero attached hydrogens (tertiary/aromatic N) is 1. The molecule has 0 fully saturated rings. The Bertz CT molecular complexity index is 637. The van der Waals surface area contributed by atoms with Crippen LogP contribution in [0.3, 0.4) is 0 Å². The van der Waals surface area contributed by atoms with E-state index in [9.17, 15) is 9.18 Å². The third-order valence-corrected chi connectivity index (χ3v) is 3.58. The number of hydrogen-bond donors (Lipinski definition) is 0. The Morgan fingerprint density at radius 1 is 1.40 bits per heavy atom. The number of rotatable bonds is 4. The molecule has 1 aromatic heterocycles. The van der Waals surface area contributed by atoms with Gasteiger partial charge in [0.2, 0.25) is 0 Å². The minimum absolute atomic E-state index is 0.303. The Hall–Kier alpha value is -1.62. The molecule has 0 spiro atoms. The third kappa shape index (κ3) is 3.10. The lowest BCUT2D eigenvalue weighted by atomic mass is 10.2. The topological polar surface area (TPSA) is 31.2 Å². The van der Waals surface area contributed by atoms with Gasteiger partial charge in [0, 0.05) is 12.7 Å². The van der Waals surface area contributed by atoms with E-state index in [-0.39, 0.29) is 11.8 Å². The van der Waals surface area contributed by atoms with Crippen molar-refractivity contribution >= 4 is 21.9 Å². The number of esters is 1. The summed E-state index contributed by atoms with van der Waals surface area (Å²) in [5.74, 6) is -0.640. The van der Waals surface area contributed by atoms with Crippen molar-refractivity contribution in [2.24, 2.45) is 0 Å². The molecule has 0 N–H and O–H groups in total. The van der Waals surface area contributed by atoms with Gasteiger partial charge in [-0.3, -0.25) is 0 Å². The van der Waals surface area contributed by atoms with Crippen LogP contribution in [0.15, 0.2) is 34.9 Å². The van der Waals surface area contributed by atoms with Gasteiger partial charge in [0.25, 0.3) is 0 Å². The third-order valence-electron chi connectivity index (χ3n) is 2.97. The SMILES string of the molecule is CCOC(=O)c1c(C)ccn1Cc1ccc(F)c(Br)c1. The summed E-state index contributed by atoms with van der Waals surface area (Å²) in [6.45, 7) is 4.47. The van der Waals surface area contributed by atoms with E-state index in [4.69, 9.17) is 4.74 Å². The highest BCUT2D eigenvalue weighted by atomic mass is 79.9. The molecule has 0 aliphatic heterocycles. The second-order valence-corrected chi connectivity index (χ2v) is 5.30. The average Bonchev–Trinajstić information content (AvgIpc) is 2.75. The maximum atomic E-state index is 13.2. The Balaban J connectivity index is 2.29. The second-order valence-electron chi connectivity index (χ2n) is 4.44. The van der Waals surface area contributed by atoms with Gasteiger partial charge in [-0.1, -0.05) is 6.07 Å². The zero-order valence-electron chi connectivity index (χ0n) is 11.3. The van der Waals surface area contributed by atoms with Gasteiger partial charge in [0.15, 0.2) is 0 Å². The summed E-state index contributed by atoms with van der Waals surface area (Å²) >= 11 is 3.16. The molecule has 2 rings (SSSR count). The van der Waals surface area contributed by atoms with Crippen LogP contribution in [0.25, 0.3) is 0 Å². The molecule has 20 heavy (non-hydrogen) atoms. The molecule has 1 heterocycles. The molecule has 5 heteroatoms.